The number of anilines is 1. The molecule has 1 N–H and O–H groups in total. The predicted molar refractivity (Wildman–Crippen MR) is 75.3 cm³/mol. The molecule has 0 aromatic heterocycles. The molecular weight excluding hydrogens is 274 g/mol. The van der Waals surface area contributed by atoms with E-state index >= 15 is 0 Å². The predicted octanol–water partition coefficient (Wildman–Crippen LogP) is 3.87. The second kappa shape index (κ2) is 6.62. The van der Waals surface area contributed by atoms with Crippen LogP contribution >= 0.6 is 0 Å². The zero-order valence-corrected chi connectivity index (χ0v) is 11.1. The molecule has 2 aromatic carbocycles. The monoisotopic (exact) mass is 286 g/mol. The van der Waals surface area contributed by atoms with Gasteiger partial charge in [0, 0.05) is 29.7 Å². The van der Waals surface area contributed by atoms with Crippen LogP contribution in [0.25, 0.3) is 11.1 Å². The highest BCUT2D eigenvalue weighted by Gasteiger charge is 2.11. The minimum absolute atomic E-state index is 0.0488. The zero-order chi connectivity index (χ0) is 15.2. The third-order valence-corrected chi connectivity index (χ3v) is 2.88. The number of nitriles is 1. The first-order valence-electron chi connectivity index (χ1n) is 6.33. The lowest BCUT2D eigenvalue weighted by Gasteiger charge is -2.08. The fraction of sp³-hybridized carbons (Fsp3) is 0.125. The molecular formula is C16H12F2N2O. The lowest BCUT2D eigenvalue weighted by molar-refractivity contribution is -0.116. The van der Waals surface area contributed by atoms with Crippen LogP contribution in [0.5, 0.6) is 0 Å². The summed E-state index contributed by atoms with van der Waals surface area (Å²) in [5, 5.41) is 10.9. The molecule has 0 aliphatic heterocycles. The number of nitrogens with zero attached hydrogens (tertiary/aromatic N) is 1. The zero-order valence-electron chi connectivity index (χ0n) is 11.1. The Labute approximate surface area is 120 Å². The number of amides is 1. The summed E-state index contributed by atoms with van der Waals surface area (Å²) in [7, 11) is 0. The van der Waals surface area contributed by atoms with Crippen LogP contribution in [0, 0.1) is 23.0 Å². The van der Waals surface area contributed by atoms with E-state index < -0.39 is 11.6 Å². The van der Waals surface area contributed by atoms with Gasteiger partial charge in [0.1, 0.15) is 11.6 Å². The van der Waals surface area contributed by atoms with Gasteiger partial charge in [0.25, 0.3) is 0 Å². The molecule has 2 aromatic rings. The molecule has 106 valence electrons. The fourth-order valence-corrected chi connectivity index (χ4v) is 1.88. The van der Waals surface area contributed by atoms with Crippen molar-refractivity contribution in [1.82, 2.24) is 0 Å². The van der Waals surface area contributed by atoms with Crippen LogP contribution in [0.1, 0.15) is 12.8 Å². The smallest absolute Gasteiger partial charge is 0.225 e. The lowest BCUT2D eigenvalue weighted by atomic mass is 10.0. The van der Waals surface area contributed by atoms with Crippen molar-refractivity contribution < 1.29 is 13.6 Å². The summed E-state index contributed by atoms with van der Waals surface area (Å²) in [6, 6.07) is 11.8. The van der Waals surface area contributed by atoms with Crippen molar-refractivity contribution in [3.63, 3.8) is 0 Å². The molecule has 0 saturated carbocycles. The molecule has 2 rings (SSSR count). The van der Waals surface area contributed by atoms with Crippen LogP contribution in [0.4, 0.5) is 14.5 Å². The van der Waals surface area contributed by atoms with Crippen LogP contribution < -0.4 is 5.32 Å². The number of benzene rings is 2. The minimum atomic E-state index is -0.627. The number of carbonyl (C=O) groups excluding carboxylic acids is 1. The van der Waals surface area contributed by atoms with Crippen LogP contribution in [-0.4, -0.2) is 5.91 Å². The molecule has 3 nitrogen and oxygen atoms in total. The van der Waals surface area contributed by atoms with Crippen molar-refractivity contribution in [3.05, 3.63) is 54.1 Å². The maximum atomic E-state index is 14.0. The van der Waals surface area contributed by atoms with Gasteiger partial charge in [0.2, 0.25) is 5.91 Å². The Kier molecular flexibility index (Phi) is 4.62. The average molecular weight is 286 g/mol. The van der Waals surface area contributed by atoms with E-state index in [1.54, 1.807) is 6.07 Å². The summed E-state index contributed by atoms with van der Waals surface area (Å²) in [5.74, 6) is -1.50. The molecule has 5 heteroatoms. The maximum absolute atomic E-state index is 14.0. The van der Waals surface area contributed by atoms with Crippen molar-refractivity contribution in [2.45, 2.75) is 12.8 Å². The minimum Gasteiger partial charge on any atom is -0.326 e. The highest BCUT2D eigenvalue weighted by Crippen LogP contribution is 2.27. The molecule has 21 heavy (non-hydrogen) atoms. The SMILES string of the molecule is N#CCCC(=O)Nc1ccc(-c2ccccc2F)c(F)c1. The third kappa shape index (κ3) is 3.63. The molecule has 0 fully saturated rings. The average Bonchev–Trinajstić information content (AvgIpc) is 2.46. The van der Waals surface area contributed by atoms with Crippen molar-refractivity contribution >= 4 is 11.6 Å². The van der Waals surface area contributed by atoms with E-state index in [-0.39, 0.29) is 35.6 Å². The summed E-state index contributed by atoms with van der Waals surface area (Å²) in [4.78, 5) is 11.4. The van der Waals surface area contributed by atoms with E-state index in [4.69, 9.17) is 5.26 Å². The van der Waals surface area contributed by atoms with Crippen molar-refractivity contribution in [1.29, 1.82) is 5.26 Å². The number of nitrogens with one attached hydrogen (secondary N) is 1. The Bertz CT molecular complexity index is 708. The van der Waals surface area contributed by atoms with Crippen molar-refractivity contribution in [3.8, 4) is 17.2 Å². The molecule has 0 unspecified atom stereocenters. The van der Waals surface area contributed by atoms with Gasteiger partial charge in [0.05, 0.1) is 6.07 Å². The molecule has 0 radical (unpaired) electrons. The highest BCUT2D eigenvalue weighted by atomic mass is 19.1. The van der Waals surface area contributed by atoms with Crippen LogP contribution in [0.15, 0.2) is 42.5 Å². The van der Waals surface area contributed by atoms with Gasteiger partial charge in [-0.1, -0.05) is 18.2 Å². The lowest BCUT2D eigenvalue weighted by Crippen LogP contribution is -2.11. The topological polar surface area (TPSA) is 52.9 Å². The third-order valence-electron chi connectivity index (χ3n) is 2.88. The van der Waals surface area contributed by atoms with Gasteiger partial charge in [-0.3, -0.25) is 4.79 Å². The van der Waals surface area contributed by atoms with E-state index in [0.29, 0.717) is 0 Å². The summed E-state index contributed by atoms with van der Waals surface area (Å²) in [6.45, 7) is 0. The fourth-order valence-electron chi connectivity index (χ4n) is 1.88. The molecule has 0 aliphatic carbocycles. The molecule has 0 saturated heterocycles. The largest absolute Gasteiger partial charge is 0.326 e. The van der Waals surface area contributed by atoms with E-state index in [9.17, 15) is 13.6 Å². The highest BCUT2D eigenvalue weighted by molar-refractivity contribution is 5.91. The molecule has 0 aliphatic rings. The van der Waals surface area contributed by atoms with E-state index in [0.717, 1.165) is 6.07 Å². The van der Waals surface area contributed by atoms with Crippen LogP contribution in [0.3, 0.4) is 0 Å². The van der Waals surface area contributed by atoms with Gasteiger partial charge >= 0.3 is 0 Å². The van der Waals surface area contributed by atoms with Gasteiger partial charge in [0.15, 0.2) is 0 Å². The molecule has 0 spiro atoms. The van der Waals surface area contributed by atoms with Crippen LogP contribution in [-0.2, 0) is 4.79 Å². The van der Waals surface area contributed by atoms with Crippen molar-refractivity contribution in [2.75, 3.05) is 5.32 Å². The number of halogens is 2. The summed E-state index contributed by atoms with van der Waals surface area (Å²) < 4.78 is 27.7. The summed E-state index contributed by atoms with van der Waals surface area (Å²) >= 11 is 0. The first-order valence-corrected chi connectivity index (χ1v) is 6.33. The Morgan fingerprint density at radius 1 is 1.10 bits per heavy atom. The van der Waals surface area contributed by atoms with Crippen LogP contribution in [0.2, 0.25) is 0 Å². The maximum Gasteiger partial charge on any atom is 0.225 e. The Hall–Kier alpha value is -2.74. The number of hydrogen-bond donors (Lipinski definition) is 1. The Morgan fingerprint density at radius 3 is 2.48 bits per heavy atom. The van der Waals surface area contributed by atoms with Gasteiger partial charge in [-0.25, -0.2) is 8.78 Å². The number of hydrogen-bond acceptors (Lipinski definition) is 2. The molecule has 0 atom stereocenters. The quantitative estimate of drug-likeness (QED) is 0.927. The normalized spacial score (nSPS) is 9.95. The second-order valence-electron chi connectivity index (χ2n) is 4.38. The van der Waals surface area contributed by atoms with E-state index in [2.05, 4.69) is 5.32 Å². The standard InChI is InChI=1S/C16H12F2N2O/c17-14-5-2-1-4-12(14)13-8-7-11(10-15(13)18)20-16(21)6-3-9-19/h1-2,4-5,7-8,10H,3,6H2,(H,20,21). The van der Waals surface area contributed by atoms with E-state index in [1.807, 2.05) is 6.07 Å². The summed E-state index contributed by atoms with van der Waals surface area (Å²) in [6.07, 6.45) is 0.148. The molecule has 0 heterocycles. The summed E-state index contributed by atoms with van der Waals surface area (Å²) in [5.41, 5.74) is 0.566. The second-order valence-corrected chi connectivity index (χ2v) is 4.38. The first-order chi connectivity index (χ1) is 10.1. The molecule has 1 amide bonds. The van der Waals surface area contributed by atoms with Gasteiger partial charge < -0.3 is 5.32 Å². The van der Waals surface area contributed by atoms with Gasteiger partial charge in [-0.2, -0.15) is 5.26 Å². The molecule has 0 bridgehead atoms. The van der Waals surface area contributed by atoms with E-state index in [1.165, 1.54) is 30.3 Å². The number of carbonyl (C=O) groups is 1. The Morgan fingerprint density at radius 2 is 1.81 bits per heavy atom. The Balaban J connectivity index is 2.21. The van der Waals surface area contributed by atoms with Crippen molar-refractivity contribution in [2.24, 2.45) is 0 Å². The van der Waals surface area contributed by atoms with Gasteiger partial charge in [-0.05, 0) is 24.3 Å². The van der Waals surface area contributed by atoms with Gasteiger partial charge in [-0.15, -0.1) is 0 Å². The first kappa shape index (κ1) is 14.7. The number of rotatable bonds is 4.